The fourth-order valence-electron chi connectivity index (χ4n) is 2.30. The minimum atomic E-state index is -0.731. The number of hydrogen-bond donors (Lipinski definition) is 1. The Labute approximate surface area is 165 Å². The number of halogens is 1. The molecule has 0 aliphatic carbocycles. The van der Waals surface area contributed by atoms with Crippen molar-refractivity contribution in [3.63, 3.8) is 0 Å². The van der Waals surface area contributed by atoms with Gasteiger partial charge in [0.25, 0.3) is 5.91 Å². The van der Waals surface area contributed by atoms with Crippen LogP contribution in [0.3, 0.4) is 0 Å². The largest absolute Gasteiger partial charge is 0.451 e. The van der Waals surface area contributed by atoms with Crippen LogP contribution in [0.4, 0.5) is 5.69 Å². The van der Waals surface area contributed by atoms with Crippen molar-refractivity contribution in [2.75, 3.05) is 11.9 Å². The molecule has 0 fully saturated rings. The molecule has 0 saturated carbocycles. The van der Waals surface area contributed by atoms with Gasteiger partial charge in [-0.15, -0.1) is 5.10 Å². The fraction of sp³-hybridized carbons (Fsp3) is 0.105. The molecule has 8 nitrogen and oxygen atoms in total. The van der Waals surface area contributed by atoms with E-state index in [-0.39, 0.29) is 5.70 Å². The zero-order valence-electron chi connectivity index (χ0n) is 14.9. The molecule has 28 heavy (non-hydrogen) atoms. The molecule has 1 heterocycles. The molecule has 9 heteroatoms. The van der Waals surface area contributed by atoms with Crippen molar-refractivity contribution >= 4 is 40.9 Å². The van der Waals surface area contributed by atoms with Gasteiger partial charge in [0.1, 0.15) is 0 Å². The lowest BCUT2D eigenvalue weighted by molar-refractivity contribution is -0.141. The SMILES string of the molecule is Cc1nnnn1/C(=C\c1ccccc1)C(=O)OCC(=O)Nc1ccc(Cl)cc1. The monoisotopic (exact) mass is 397 g/mol. The Morgan fingerprint density at radius 2 is 1.86 bits per heavy atom. The van der Waals surface area contributed by atoms with Gasteiger partial charge >= 0.3 is 5.97 Å². The van der Waals surface area contributed by atoms with E-state index in [0.717, 1.165) is 5.56 Å². The van der Waals surface area contributed by atoms with Crippen LogP contribution < -0.4 is 5.32 Å². The average Bonchev–Trinajstić information content (AvgIpc) is 3.12. The number of nitrogens with one attached hydrogen (secondary N) is 1. The Balaban J connectivity index is 1.71. The molecule has 3 aromatic rings. The molecule has 3 rings (SSSR count). The van der Waals surface area contributed by atoms with E-state index in [1.54, 1.807) is 37.3 Å². The van der Waals surface area contributed by atoms with Crippen LogP contribution in [0.15, 0.2) is 54.6 Å². The van der Waals surface area contributed by atoms with E-state index in [1.165, 1.54) is 4.68 Å². The first-order valence-corrected chi connectivity index (χ1v) is 8.65. The smallest absolute Gasteiger partial charge is 0.357 e. The number of carbonyl (C=O) groups is 2. The van der Waals surface area contributed by atoms with Gasteiger partial charge in [0.05, 0.1) is 0 Å². The standard InChI is InChI=1S/C19H16ClN5O3/c1-13-22-23-24-25(13)17(11-14-5-3-2-4-6-14)19(27)28-12-18(26)21-16-9-7-15(20)8-10-16/h2-11H,12H2,1H3,(H,21,26)/b17-11-. The molecule has 0 atom stereocenters. The van der Waals surface area contributed by atoms with Gasteiger partial charge < -0.3 is 10.1 Å². The van der Waals surface area contributed by atoms with Gasteiger partial charge in [-0.05, 0) is 53.3 Å². The molecule has 142 valence electrons. The minimum absolute atomic E-state index is 0.0907. The zero-order chi connectivity index (χ0) is 19.9. The van der Waals surface area contributed by atoms with Crippen LogP contribution in [0.5, 0.6) is 0 Å². The predicted octanol–water partition coefficient (Wildman–Crippen LogP) is 2.81. The van der Waals surface area contributed by atoms with Crippen LogP contribution >= 0.6 is 11.6 Å². The van der Waals surface area contributed by atoms with Crippen molar-refractivity contribution in [3.05, 3.63) is 71.0 Å². The summed E-state index contributed by atoms with van der Waals surface area (Å²) in [4.78, 5) is 24.6. The number of carbonyl (C=O) groups excluding carboxylic acids is 2. The van der Waals surface area contributed by atoms with Gasteiger partial charge in [-0.2, -0.15) is 4.68 Å². The first kappa shape index (κ1) is 19.2. The summed E-state index contributed by atoms with van der Waals surface area (Å²) in [6.45, 7) is 1.19. The lowest BCUT2D eigenvalue weighted by Gasteiger charge is -2.09. The number of aryl methyl sites for hydroxylation is 1. The molecule has 1 aromatic heterocycles. The molecule has 0 radical (unpaired) electrons. The van der Waals surface area contributed by atoms with Crippen LogP contribution in [0, 0.1) is 6.92 Å². The Hall–Kier alpha value is -3.52. The minimum Gasteiger partial charge on any atom is -0.451 e. The summed E-state index contributed by atoms with van der Waals surface area (Å²) in [5.41, 5.74) is 1.39. The van der Waals surface area contributed by atoms with E-state index in [9.17, 15) is 9.59 Å². The van der Waals surface area contributed by atoms with E-state index in [2.05, 4.69) is 20.8 Å². The number of tetrazole rings is 1. The number of nitrogens with zero attached hydrogens (tertiary/aromatic N) is 4. The number of benzene rings is 2. The maximum absolute atomic E-state index is 12.6. The van der Waals surface area contributed by atoms with Gasteiger partial charge in [-0.1, -0.05) is 41.9 Å². The topological polar surface area (TPSA) is 99.0 Å². The van der Waals surface area contributed by atoms with E-state index in [4.69, 9.17) is 16.3 Å². The number of hydrogen-bond acceptors (Lipinski definition) is 6. The first-order chi connectivity index (χ1) is 13.5. The highest BCUT2D eigenvalue weighted by molar-refractivity contribution is 6.30. The molecular weight excluding hydrogens is 382 g/mol. The summed E-state index contributed by atoms with van der Waals surface area (Å²) in [5.74, 6) is -0.807. The second kappa shape index (κ2) is 8.92. The number of ether oxygens (including phenoxy) is 1. The summed E-state index contributed by atoms with van der Waals surface area (Å²) >= 11 is 5.81. The van der Waals surface area contributed by atoms with Crippen molar-refractivity contribution < 1.29 is 14.3 Å². The van der Waals surface area contributed by atoms with Gasteiger partial charge in [0.15, 0.2) is 18.1 Å². The van der Waals surface area contributed by atoms with Crippen LogP contribution in [0.1, 0.15) is 11.4 Å². The molecule has 2 aromatic carbocycles. The summed E-state index contributed by atoms with van der Waals surface area (Å²) in [5, 5.41) is 14.3. The molecule has 1 N–H and O–H groups in total. The fourth-order valence-corrected chi connectivity index (χ4v) is 2.43. The van der Waals surface area contributed by atoms with E-state index >= 15 is 0 Å². The van der Waals surface area contributed by atoms with Gasteiger partial charge in [-0.3, -0.25) is 4.79 Å². The van der Waals surface area contributed by atoms with Gasteiger partial charge in [0.2, 0.25) is 0 Å². The Bertz CT molecular complexity index is 1000. The van der Waals surface area contributed by atoms with Crippen LogP contribution in [-0.4, -0.2) is 38.7 Å². The summed E-state index contributed by atoms with van der Waals surface area (Å²) in [6.07, 6.45) is 1.59. The normalized spacial score (nSPS) is 11.1. The molecule has 0 saturated heterocycles. The predicted molar refractivity (Wildman–Crippen MR) is 104 cm³/mol. The summed E-state index contributed by atoms with van der Waals surface area (Å²) in [7, 11) is 0. The molecule has 1 amide bonds. The number of esters is 1. The van der Waals surface area contributed by atoms with Crippen LogP contribution in [0.2, 0.25) is 5.02 Å². The van der Waals surface area contributed by atoms with E-state index < -0.39 is 18.5 Å². The van der Waals surface area contributed by atoms with E-state index in [1.807, 2.05) is 30.3 Å². The van der Waals surface area contributed by atoms with Crippen molar-refractivity contribution in [3.8, 4) is 0 Å². The van der Waals surface area contributed by atoms with Gasteiger partial charge in [-0.25, -0.2) is 4.79 Å². The van der Waals surface area contributed by atoms with Crippen molar-refractivity contribution in [1.29, 1.82) is 0 Å². The second-order valence-corrected chi connectivity index (χ2v) is 6.15. The number of rotatable bonds is 6. The van der Waals surface area contributed by atoms with Crippen molar-refractivity contribution in [2.24, 2.45) is 0 Å². The van der Waals surface area contributed by atoms with Gasteiger partial charge in [0, 0.05) is 10.7 Å². The summed E-state index contributed by atoms with van der Waals surface area (Å²) in [6, 6.07) is 15.7. The first-order valence-electron chi connectivity index (χ1n) is 8.27. The highest BCUT2D eigenvalue weighted by atomic mass is 35.5. The molecule has 0 spiro atoms. The number of aromatic nitrogens is 4. The van der Waals surface area contributed by atoms with E-state index in [0.29, 0.717) is 16.5 Å². The third kappa shape index (κ3) is 5.01. The third-order valence-electron chi connectivity index (χ3n) is 3.63. The van der Waals surface area contributed by atoms with Crippen LogP contribution in [-0.2, 0) is 14.3 Å². The Kier molecular flexibility index (Phi) is 6.13. The molecular formula is C19H16ClN5O3. The highest BCUT2D eigenvalue weighted by Gasteiger charge is 2.19. The highest BCUT2D eigenvalue weighted by Crippen LogP contribution is 2.15. The Morgan fingerprint density at radius 3 is 2.50 bits per heavy atom. The maximum atomic E-state index is 12.6. The zero-order valence-corrected chi connectivity index (χ0v) is 15.6. The van der Waals surface area contributed by atoms with Crippen molar-refractivity contribution in [2.45, 2.75) is 6.92 Å². The molecule has 0 aliphatic heterocycles. The summed E-state index contributed by atoms with van der Waals surface area (Å²) < 4.78 is 6.41. The molecule has 0 aliphatic rings. The molecule has 0 bridgehead atoms. The number of anilines is 1. The third-order valence-corrected chi connectivity index (χ3v) is 3.88. The van der Waals surface area contributed by atoms with Crippen LogP contribution in [0.25, 0.3) is 11.8 Å². The lowest BCUT2D eigenvalue weighted by atomic mass is 10.2. The maximum Gasteiger partial charge on any atom is 0.357 e. The number of amides is 1. The lowest BCUT2D eigenvalue weighted by Crippen LogP contribution is -2.23. The molecule has 0 unspecified atom stereocenters. The van der Waals surface area contributed by atoms with Crippen molar-refractivity contribution in [1.82, 2.24) is 20.2 Å². The second-order valence-electron chi connectivity index (χ2n) is 5.71. The average molecular weight is 398 g/mol. The Morgan fingerprint density at radius 1 is 1.14 bits per heavy atom. The quantitative estimate of drug-likeness (QED) is 0.507.